The summed E-state index contributed by atoms with van der Waals surface area (Å²) in [5.74, 6) is -1.90. The predicted octanol–water partition coefficient (Wildman–Crippen LogP) is 6.30. The van der Waals surface area contributed by atoms with Crippen LogP contribution in [-0.4, -0.2) is 25.0 Å². The molecule has 3 aromatic carbocycles. The molecule has 0 unspecified atom stereocenters. The number of anilines is 1. The van der Waals surface area contributed by atoms with Gasteiger partial charge in [-0.1, -0.05) is 42.5 Å². The van der Waals surface area contributed by atoms with Crippen molar-refractivity contribution in [2.75, 3.05) is 5.32 Å². The Balaban J connectivity index is 1.73. The molecule has 0 aliphatic heterocycles. The van der Waals surface area contributed by atoms with E-state index in [-0.39, 0.29) is 16.9 Å². The molecular weight excluding hydrogens is 558 g/mol. The molecule has 1 aromatic heterocycles. The fourth-order valence-electron chi connectivity index (χ4n) is 3.85. The van der Waals surface area contributed by atoms with Gasteiger partial charge < -0.3 is 9.87 Å². The molecule has 0 spiro atoms. The Labute approximate surface area is 237 Å². The number of nitriles is 1. The van der Waals surface area contributed by atoms with E-state index in [0.717, 1.165) is 16.3 Å². The number of hydrogen-bond acceptors (Lipinski definition) is 5. The van der Waals surface area contributed by atoms with Crippen LogP contribution >= 0.6 is 0 Å². The molecule has 12 heteroatoms. The molecule has 0 radical (unpaired) electrons. The third kappa shape index (κ3) is 6.94. The standard InChI is InChI=1S/C29H25F4N5O2S/c1-28(2,3)41(40)37-26(19-9-5-4-6-10-19)20-12-13-22(30)23(15-20)35-27(39)24-16-25(29(31,32)33)36-38(24)21-11-7-8-18(14-21)17-34/h4-16,26,37H,1-3H3,(H,35,39)/t26-,41-/m1/s1. The van der Waals surface area contributed by atoms with E-state index < -0.39 is 51.4 Å². The highest BCUT2D eigenvalue weighted by molar-refractivity contribution is 7.90. The normalized spacial score (nSPS) is 13.3. The Hall–Kier alpha value is -4.18. The van der Waals surface area contributed by atoms with Gasteiger partial charge in [-0.3, -0.25) is 4.79 Å². The number of rotatable bonds is 7. The summed E-state index contributed by atoms with van der Waals surface area (Å²) >= 11 is -1.53. The molecule has 2 atom stereocenters. The second-order valence-corrected chi connectivity index (χ2v) is 12.0. The van der Waals surface area contributed by atoms with Gasteiger partial charge in [0, 0.05) is 17.4 Å². The van der Waals surface area contributed by atoms with Gasteiger partial charge in [0.2, 0.25) is 0 Å². The van der Waals surface area contributed by atoms with E-state index in [4.69, 9.17) is 0 Å². The fraction of sp³-hybridized carbons (Fsp3) is 0.207. The van der Waals surface area contributed by atoms with E-state index in [1.165, 1.54) is 36.4 Å². The number of nitrogens with one attached hydrogen (secondary N) is 2. The lowest BCUT2D eigenvalue weighted by molar-refractivity contribution is -0.141. The highest BCUT2D eigenvalue weighted by Gasteiger charge is 2.36. The largest absolute Gasteiger partial charge is 0.598 e. The number of carbonyl (C=O) groups excluding carboxylic acids is 1. The highest BCUT2D eigenvalue weighted by Crippen LogP contribution is 2.32. The Bertz CT molecular complexity index is 1590. The van der Waals surface area contributed by atoms with E-state index in [2.05, 4.69) is 15.1 Å². The Kier molecular flexibility index (Phi) is 8.53. The first kappa shape index (κ1) is 29.8. The first-order valence-electron chi connectivity index (χ1n) is 12.3. The molecule has 0 fully saturated rings. The van der Waals surface area contributed by atoms with Gasteiger partial charge in [0.1, 0.15) is 22.3 Å². The second kappa shape index (κ2) is 11.7. The minimum absolute atomic E-state index is 0.0388. The highest BCUT2D eigenvalue weighted by atomic mass is 32.2. The van der Waals surface area contributed by atoms with E-state index in [1.54, 1.807) is 45.0 Å². The van der Waals surface area contributed by atoms with Gasteiger partial charge in [0.15, 0.2) is 5.69 Å². The van der Waals surface area contributed by atoms with Crippen LogP contribution in [0.4, 0.5) is 23.2 Å². The minimum atomic E-state index is -4.87. The number of halogens is 4. The summed E-state index contributed by atoms with van der Waals surface area (Å²) in [4.78, 5) is 13.3. The van der Waals surface area contributed by atoms with E-state index >= 15 is 0 Å². The van der Waals surface area contributed by atoms with E-state index in [9.17, 15) is 32.2 Å². The van der Waals surface area contributed by atoms with Crippen LogP contribution in [0, 0.1) is 17.1 Å². The van der Waals surface area contributed by atoms with Crippen molar-refractivity contribution in [3.63, 3.8) is 0 Å². The fourth-order valence-corrected chi connectivity index (χ4v) is 4.69. The van der Waals surface area contributed by atoms with Crippen LogP contribution in [0.25, 0.3) is 5.69 Å². The second-order valence-electron chi connectivity index (χ2n) is 10.0. The van der Waals surface area contributed by atoms with Gasteiger partial charge >= 0.3 is 6.18 Å². The van der Waals surface area contributed by atoms with Crippen molar-refractivity contribution in [2.24, 2.45) is 0 Å². The maximum absolute atomic E-state index is 14.9. The molecule has 1 heterocycles. The van der Waals surface area contributed by atoms with Crippen LogP contribution in [-0.2, 0) is 17.5 Å². The first-order chi connectivity index (χ1) is 19.3. The first-order valence-corrected chi connectivity index (χ1v) is 13.4. The molecule has 4 aromatic rings. The molecule has 0 aliphatic carbocycles. The Morgan fingerprint density at radius 2 is 1.71 bits per heavy atom. The molecule has 4 rings (SSSR count). The Morgan fingerprint density at radius 1 is 1.00 bits per heavy atom. The summed E-state index contributed by atoms with van der Waals surface area (Å²) in [6.45, 7) is 5.37. The van der Waals surface area contributed by atoms with Crippen molar-refractivity contribution >= 4 is 23.0 Å². The van der Waals surface area contributed by atoms with Crippen molar-refractivity contribution in [1.29, 1.82) is 5.26 Å². The lowest BCUT2D eigenvalue weighted by Gasteiger charge is -2.28. The number of alkyl halides is 3. The molecule has 0 bridgehead atoms. The van der Waals surface area contributed by atoms with Crippen molar-refractivity contribution in [3.8, 4) is 11.8 Å². The number of hydrogen-bond donors (Lipinski definition) is 2. The lowest BCUT2D eigenvalue weighted by atomic mass is 9.99. The summed E-state index contributed by atoms with van der Waals surface area (Å²) in [7, 11) is 0. The quantitative estimate of drug-likeness (QED) is 0.196. The zero-order valence-electron chi connectivity index (χ0n) is 22.2. The van der Waals surface area contributed by atoms with Gasteiger partial charge in [-0.05, 0) is 62.2 Å². The van der Waals surface area contributed by atoms with Gasteiger partial charge in [0.25, 0.3) is 5.91 Å². The summed E-state index contributed by atoms with van der Waals surface area (Å²) in [6.07, 6.45) is -4.87. The van der Waals surface area contributed by atoms with Gasteiger partial charge in [-0.2, -0.15) is 23.5 Å². The van der Waals surface area contributed by atoms with Crippen molar-refractivity contribution < 1.29 is 26.9 Å². The molecule has 2 N–H and O–H groups in total. The predicted molar refractivity (Wildman–Crippen MR) is 147 cm³/mol. The topological polar surface area (TPSA) is 106 Å². The molecule has 41 heavy (non-hydrogen) atoms. The molecule has 0 saturated heterocycles. The third-order valence-electron chi connectivity index (χ3n) is 5.94. The van der Waals surface area contributed by atoms with E-state index in [1.807, 2.05) is 12.1 Å². The number of benzene rings is 3. The summed E-state index contributed by atoms with van der Waals surface area (Å²) in [5.41, 5.74) is -0.804. The van der Waals surface area contributed by atoms with Gasteiger partial charge in [-0.15, -0.1) is 4.72 Å². The van der Waals surface area contributed by atoms with Gasteiger partial charge in [-0.25, -0.2) is 9.07 Å². The Morgan fingerprint density at radius 3 is 2.34 bits per heavy atom. The number of amides is 1. The minimum Gasteiger partial charge on any atom is -0.598 e. The molecule has 0 saturated carbocycles. The van der Waals surface area contributed by atoms with Crippen LogP contribution in [0.1, 0.15) is 59.7 Å². The molecule has 0 aliphatic rings. The zero-order chi connectivity index (χ0) is 29.9. The maximum Gasteiger partial charge on any atom is 0.435 e. The van der Waals surface area contributed by atoms with Crippen LogP contribution < -0.4 is 10.0 Å². The van der Waals surface area contributed by atoms with Crippen LogP contribution in [0.15, 0.2) is 78.9 Å². The lowest BCUT2D eigenvalue weighted by Crippen LogP contribution is -2.41. The zero-order valence-corrected chi connectivity index (χ0v) is 23.0. The van der Waals surface area contributed by atoms with Crippen molar-refractivity contribution in [2.45, 2.75) is 37.7 Å². The SMILES string of the molecule is CC(C)(C)[S@@+]([O-])N[C@H](c1ccccc1)c1ccc(F)c(NC(=O)c2cc(C(F)(F)F)nn2-c2cccc(C#N)c2)c1. The number of aromatic nitrogens is 2. The monoisotopic (exact) mass is 583 g/mol. The summed E-state index contributed by atoms with van der Waals surface area (Å²) in [6, 6.07) is 20.2. The van der Waals surface area contributed by atoms with Crippen LogP contribution in [0.3, 0.4) is 0 Å². The molecular formula is C29H25F4N5O2S. The summed E-state index contributed by atoms with van der Waals surface area (Å²) < 4.78 is 71.7. The number of nitrogens with zero attached hydrogens (tertiary/aromatic N) is 3. The van der Waals surface area contributed by atoms with E-state index in [0.29, 0.717) is 11.6 Å². The van der Waals surface area contributed by atoms with Crippen LogP contribution in [0.5, 0.6) is 0 Å². The smallest absolute Gasteiger partial charge is 0.435 e. The maximum atomic E-state index is 14.9. The number of carbonyl (C=O) groups is 1. The molecule has 1 amide bonds. The van der Waals surface area contributed by atoms with Crippen molar-refractivity contribution in [1.82, 2.24) is 14.5 Å². The van der Waals surface area contributed by atoms with Crippen molar-refractivity contribution in [3.05, 3.63) is 113 Å². The molecule has 212 valence electrons. The average Bonchev–Trinajstić information content (AvgIpc) is 3.40. The summed E-state index contributed by atoms with van der Waals surface area (Å²) in [5, 5.41) is 15.1. The van der Waals surface area contributed by atoms with Gasteiger partial charge in [0.05, 0.1) is 23.0 Å². The van der Waals surface area contributed by atoms with Crippen LogP contribution in [0.2, 0.25) is 0 Å². The average molecular weight is 584 g/mol. The molecule has 7 nitrogen and oxygen atoms in total. The third-order valence-corrected chi connectivity index (χ3v) is 7.50.